The summed E-state index contributed by atoms with van der Waals surface area (Å²) in [5, 5.41) is 2.74. The van der Waals surface area contributed by atoms with E-state index in [2.05, 4.69) is 5.32 Å². The van der Waals surface area contributed by atoms with Crippen LogP contribution in [0.3, 0.4) is 0 Å². The van der Waals surface area contributed by atoms with Gasteiger partial charge in [-0.25, -0.2) is 8.78 Å². The number of hydrogen-bond acceptors (Lipinski definition) is 2. The van der Waals surface area contributed by atoms with E-state index in [9.17, 15) is 8.78 Å². The molecule has 16 heavy (non-hydrogen) atoms. The van der Waals surface area contributed by atoms with Crippen LogP contribution in [0.4, 0.5) is 25.8 Å². The van der Waals surface area contributed by atoms with Crippen molar-refractivity contribution < 1.29 is 8.78 Å². The number of nitrogen functional groups attached to an aromatic ring is 1. The predicted molar refractivity (Wildman–Crippen MR) is 60.5 cm³/mol. The van der Waals surface area contributed by atoms with Crippen LogP contribution in [0.2, 0.25) is 0 Å². The Kier molecular flexibility index (Phi) is 2.72. The third-order valence-corrected chi connectivity index (χ3v) is 2.16. The number of para-hydroxylation sites is 2. The predicted octanol–water partition coefficient (Wildman–Crippen LogP) is 3.29. The fourth-order valence-electron chi connectivity index (χ4n) is 1.35. The molecular weight excluding hydrogens is 210 g/mol. The van der Waals surface area contributed by atoms with Crippen molar-refractivity contribution in [2.45, 2.75) is 0 Å². The van der Waals surface area contributed by atoms with Crippen molar-refractivity contribution >= 4 is 17.1 Å². The van der Waals surface area contributed by atoms with E-state index in [-0.39, 0.29) is 5.69 Å². The molecule has 0 aromatic heterocycles. The Hall–Kier alpha value is -2.10. The average Bonchev–Trinajstić information content (AvgIpc) is 2.27. The largest absolute Gasteiger partial charge is 0.397 e. The van der Waals surface area contributed by atoms with Crippen LogP contribution < -0.4 is 11.1 Å². The molecule has 2 nitrogen and oxygen atoms in total. The summed E-state index contributed by atoms with van der Waals surface area (Å²) < 4.78 is 26.2. The van der Waals surface area contributed by atoms with Crippen LogP contribution in [0.5, 0.6) is 0 Å². The fourth-order valence-corrected chi connectivity index (χ4v) is 1.35. The SMILES string of the molecule is Nc1ccccc1Nc1cc(F)ccc1F. The molecule has 0 unspecified atom stereocenters. The van der Waals surface area contributed by atoms with E-state index in [0.717, 1.165) is 18.2 Å². The molecule has 0 heterocycles. The molecule has 0 amide bonds. The van der Waals surface area contributed by atoms with Crippen LogP contribution in [0.25, 0.3) is 0 Å². The third kappa shape index (κ3) is 2.11. The Morgan fingerprint density at radius 3 is 2.44 bits per heavy atom. The second-order valence-electron chi connectivity index (χ2n) is 3.34. The molecule has 2 aromatic carbocycles. The van der Waals surface area contributed by atoms with Crippen molar-refractivity contribution in [2.75, 3.05) is 11.1 Å². The van der Waals surface area contributed by atoms with Crippen LogP contribution in [-0.2, 0) is 0 Å². The molecule has 0 radical (unpaired) electrons. The van der Waals surface area contributed by atoms with Crippen molar-refractivity contribution in [3.8, 4) is 0 Å². The minimum atomic E-state index is -0.523. The van der Waals surface area contributed by atoms with Gasteiger partial charge in [-0.05, 0) is 24.3 Å². The van der Waals surface area contributed by atoms with Crippen LogP contribution in [0.15, 0.2) is 42.5 Å². The first-order chi connectivity index (χ1) is 7.66. The molecule has 0 aliphatic rings. The molecule has 82 valence electrons. The minimum Gasteiger partial charge on any atom is -0.397 e. The van der Waals surface area contributed by atoms with Gasteiger partial charge in [0, 0.05) is 6.07 Å². The second kappa shape index (κ2) is 4.18. The molecule has 0 saturated heterocycles. The van der Waals surface area contributed by atoms with Gasteiger partial charge in [-0.15, -0.1) is 0 Å². The first-order valence-electron chi connectivity index (χ1n) is 4.73. The molecule has 4 heteroatoms. The Labute approximate surface area is 91.7 Å². The fraction of sp³-hybridized carbons (Fsp3) is 0. The van der Waals surface area contributed by atoms with E-state index >= 15 is 0 Å². The molecule has 0 spiro atoms. The van der Waals surface area contributed by atoms with Crippen LogP contribution >= 0.6 is 0 Å². The van der Waals surface area contributed by atoms with Gasteiger partial charge in [-0.1, -0.05) is 12.1 Å². The molecular formula is C12H10F2N2. The standard InChI is InChI=1S/C12H10F2N2/c13-8-5-6-9(14)12(7-8)16-11-4-2-1-3-10(11)15/h1-7,16H,15H2. The van der Waals surface area contributed by atoms with Crippen molar-refractivity contribution in [1.29, 1.82) is 0 Å². The number of hydrogen-bond donors (Lipinski definition) is 2. The van der Waals surface area contributed by atoms with E-state index in [4.69, 9.17) is 5.73 Å². The summed E-state index contributed by atoms with van der Waals surface area (Å²) in [5.41, 5.74) is 6.77. The lowest BCUT2D eigenvalue weighted by molar-refractivity contribution is 0.603. The van der Waals surface area contributed by atoms with Gasteiger partial charge in [0.2, 0.25) is 0 Å². The lowest BCUT2D eigenvalue weighted by atomic mass is 10.2. The second-order valence-corrected chi connectivity index (χ2v) is 3.34. The van der Waals surface area contributed by atoms with Gasteiger partial charge >= 0.3 is 0 Å². The lowest BCUT2D eigenvalue weighted by Crippen LogP contribution is -1.98. The van der Waals surface area contributed by atoms with E-state index in [1.807, 2.05) is 0 Å². The first kappa shape index (κ1) is 10.4. The van der Waals surface area contributed by atoms with Crippen molar-refractivity contribution in [1.82, 2.24) is 0 Å². The van der Waals surface area contributed by atoms with Crippen molar-refractivity contribution in [2.24, 2.45) is 0 Å². The van der Waals surface area contributed by atoms with E-state index in [1.165, 1.54) is 0 Å². The number of benzene rings is 2. The number of rotatable bonds is 2. The highest BCUT2D eigenvalue weighted by Gasteiger charge is 2.05. The van der Waals surface area contributed by atoms with Crippen LogP contribution in [-0.4, -0.2) is 0 Å². The Bertz CT molecular complexity index is 512. The maximum absolute atomic E-state index is 13.3. The van der Waals surface area contributed by atoms with Gasteiger partial charge in [0.05, 0.1) is 17.1 Å². The van der Waals surface area contributed by atoms with Gasteiger partial charge in [-0.2, -0.15) is 0 Å². The summed E-state index contributed by atoms with van der Waals surface area (Å²) in [6.45, 7) is 0. The van der Waals surface area contributed by atoms with Crippen molar-refractivity contribution in [3.05, 3.63) is 54.1 Å². The molecule has 3 N–H and O–H groups in total. The molecule has 2 rings (SSSR count). The van der Waals surface area contributed by atoms with Gasteiger partial charge in [0.1, 0.15) is 11.6 Å². The highest BCUT2D eigenvalue weighted by molar-refractivity contribution is 5.72. The summed E-state index contributed by atoms with van der Waals surface area (Å²) in [4.78, 5) is 0. The molecule has 0 aliphatic heterocycles. The van der Waals surface area contributed by atoms with E-state index < -0.39 is 11.6 Å². The van der Waals surface area contributed by atoms with Gasteiger partial charge in [0.25, 0.3) is 0 Å². The monoisotopic (exact) mass is 220 g/mol. The number of nitrogens with one attached hydrogen (secondary N) is 1. The average molecular weight is 220 g/mol. The number of nitrogens with two attached hydrogens (primary N) is 1. The Morgan fingerprint density at radius 1 is 0.938 bits per heavy atom. The third-order valence-electron chi connectivity index (χ3n) is 2.16. The van der Waals surface area contributed by atoms with Crippen molar-refractivity contribution in [3.63, 3.8) is 0 Å². The van der Waals surface area contributed by atoms with Gasteiger partial charge in [0.15, 0.2) is 0 Å². The summed E-state index contributed by atoms with van der Waals surface area (Å²) in [5.74, 6) is -1.02. The number of halogens is 2. The molecule has 0 saturated carbocycles. The summed E-state index contributed by atoms with van der Waals surface area (Å²) in [7, 11) is 0. The smallest absolute Gasteiger partial charge is 0.146 e. The normalized spacial score (nSPS) is 10.1. The maximum Gasteiger partial charge on any atom is 0.146 e. The molecule has 0 fully saturated rings. The Balaban J connectivity index is 2.34. The highest BCUT2D eigenvalue weighted by atomic mass is 19.1. The first-order valence-corrected chi connectivity index (χ1v) is 4.73. The molecule has 0 atom stereocenters. The molecule has 0 bridgehead atoms. The zero-order valence-corrected chi connectivity index (χ0v) is 8.37. The van der Waals surface area contributed by atoms with Gasteiger partial charge in [-0.3, -0.25) is 0 Å². The summed E-state index contributed by atoms with van der Waals surface area (Å²) >= 11 is 0. The van der Waals surface area contributed by atoms with Crippen LogP contribution in [0.1, 0.15) is 0 Å². The van der Waals surface area contributed by atoms with E-state index in [1.54, 1.807) is 24.3 Å². The minimum absolute atomic E-state index is 0.0675. The maximum atomic E-state index is 13.3. The van der Waals surface area contributed by atoms with E-state index in [0.29, 0.717) is 11.4 Å². The quantitative estimate of drug-likeness (QED) is 0.762. The number of anilines is 3. The van der Waals surface area contributed by atoms with Gasteiger partial charge < -0.3 is 11.1 Å². The topological polar surface area (TPSA) is 38.0 Å². The molecule has 2 aromatic rings. The zero-order valence-electron chi connectivity index (χ0n) is 8.37. The summed E-state index contributed by atoms with van der Waals surface area (Å²) in [6, 6.07) is 10.1. The Morgan fingerprint density at radius 2 is 1.69 bits per heavy atom. The van der Waals surface area contributed by atoms with Crippen LogP contribution in [0, 0.1) is 11.6 Å². The zero-order chi connectivity index (χ0) is 11.5. The summed E-state index contributed by atoms with van der Waals surface area (Å²) in [6.07, 6.45) is 0. The molecule has 0 aliphatic carbocycles. The highest BCUT2D eigenvalue weighted by Crippen LogP contribution is 2.24. The lowest BCUT2D eigenvalue weighted by Gasteiger charge is -2.09.